The molecule has 0 radical (unpaired) electrons. The van der Waals surface area contributed by atoms with E-state index in [1.54, 1.807) is 18.5 Å². The summed E-state index contributed by atoms with van der Waals surface area (Å²) in [7, 11) is 0. The molecular formula is C15H17F2N3. The number of hydrogen-bond acceptors (Lipinski definition) is 3. The summed E-state index contributed by atoms with van der Waals surface area (Å²) in [6.45, 7) is 2.66. The normalized spacial score (nSPS) is 12.3. The fraction of sp³-hybridized carbons (Fsp3) is 0.267. The first-order chi connectivity index (χ1) is 9.63. The van der Waals surface area contributed by atoms with Gasteiger partial charge in [-0.2, -0.15) is 0 Å². The van der Waals surface area contributed by atoms with Crippen LogP contribution in [0.25, 0.3) is 0 Å². The Morgan fingerprint density at radius 2 is 2.05 bits per heavy atom. The van der Waals surface area contributed by atoms with Crippen molar-refractivity contribution in [3.05, 3.63) is 59.4 Å². The van der Waals surface area contributed by atoms with Crippen LogP contribution in [0.5, 0.6) is 0 Å². The number of rotatable bonds is 5. The van der Waals surface area contributed by atoms with E-state index < -0.39 is 17.7 Å². The van der Waals surface area contributed by atoms with Crippen LogP contribution in [-0.4, -0.2) is 11.5 Å². The van der Waals surface area contributed by atoms with Gasteiger partial charge in [0.25, 0.3) is 0 Å². The van der Waals surface area contributed by atoms with Gasteiger partial charge in [-0.1, -0.05) is 6.92 Å². The van der Waals surface area contributed by atoms with Crippen LogP contribution in [0.1, 0.15) is 30.5 Å². The number of nitrogen functional groups attached to an aromatic ring is 1. The summed E-state index contributed by atoms with van der Waals surface area (Å²) < 4.78 is 27.4. The van der Waals surface area contributed by atoms with Gasteiger partial charge in [-0.05, 0) is 37.2 Å². The minimum atomic E-state index is -0.514. The number of anilines is 1. The van der Waals surface area contributed by atoms with Crippen molar-refractivity contribution in [3.63, 3.8) is 0 Å². The number of hydrogen-bond donors (Lipinski definition) is 2. The maximum Gasteiger partial charge on any atom is 0.128 e. The lowest BCUT2D eigenvalue weighted by molar-refractivity contribution is 0.535. The highest BCUT2D eigenvalue weighted by Gasteiger charge is 2.20. The molecule has 3 N–H and O–H groups in total. The summed E-state index contributed by atoms with van der Waals surface area (Å²) in [4.78, 5) is 4.02. The molecule has 3 nitrogen and oxygen atoms in total. The Kier molecular flexibility index (Phi) is 4.63. The number of nitrogens with two attached hydrogens (primary N) is 1. The molecule has 0 spiro atoms. The van der Waals surface area contributed by atoms with Crippen molar-refractivity contribution in [2.75, 3.05) is 12.3 Å². The first kappa shape index (κ1) is 14.4. The molecule has 1 atom stereocenters. The Labute approximate surface area is 116 Å². The quantitative estimate of drug-likeness (QED) is 0.883. The second-order valence-electron chi connectivity index (χ2n) is 4.56. The van der Waals surface area contributed by atoms with Crippen LogP contribution in [0.2, 0.25) is 0 Å². The molecule has 0 aliphatic rings. The summed E-state index contributed by atoms with van der Waals surface area (Å²) in [6, 6.07) is 4.54. The second-order valence-corrected chi connectivity index (χ2v) is 4.56. The molecule has 20 heavy (non-hydrogen) atoms. The molecule has 0 saturated heterocycles. The van der Waals surface area contributed by atoms with E-state index in [4.69, 9.17) is 5.73 Å². The van der Waals surface area contributed by atoms with Gasteiger partial charge in [0.1, 0.15) is 11.6 Å². The van der Waals surface area contributed by atoms with Gasteiger partial charge in [-0.15, -0.1) is 0 Å². The third-order valence-electron chi connectivity index (χ3n) is 3.07. The zero-order chi connectivity index (χ0) is 14.5. The Morgan fingerprint density at radius 1 is 1.25 bits per heavy atom. The van der Waals surface area contributed by atoms with Crippen LogP contribution in [0, 0.1) is 11.6 Å². The third-order valence-corrected chi connectivity index (χ3v) is 3.07. The molecule has 0 amide bonds. The lowest BCUT2D eigenvalue weighted by Gasteiger charge is -2.21. The topological polar surface area (TPSA) is 50.9 Å². The molecule has 5 heteroatoms. The zero-order valence-corrected chi connectivity index (χ0v) is 11.2. The van der Waals surface area contributed by atoms with Crippen molar-refractivity contribution >= 4 is 5.69 Å². The van der Waals surface area contributed by atoms with E-state index in [0.717, 1.165) is 18.6 Å². The molecule has 0 fully saturated rings. The predicted molar refractivity (Wildman–Crippen MR) is 75.1 cm³/mol. The molecule has 0 aliphatic heterocycles. The molecule has 2 rings (SSSR count). The minimum Gasteiger partial charge on any atom is -0.398 e. The van der Waals surface area contributed by atoms with Gasteiger partial charge in [0, 0.05) is 29.2 Å². The molecular weight excluding hydrogens is 260 g/mol. The van der Waals surface area contributed by atoms with Crippen molar-refractivity contribution in [1.82, 2.24) is 10.3 Å². The van der Waals surface area contributed by atoms with E-state index in [2.05, 4.69) is 10.3 Å². The Bertz CT molecular complexity index is 587. The molecule has 0 saturated carbocycles. The van der Waals surface area contributed by atoms with Crippen molar-refractivity contribution in [3.8, 4) is 0 Å². The number of nitrogens with one attached hydrogen (secondary N) is 1. The van der Waals surface area contributed by atoms with Crippen LogP contribution in [0.4, 0.5) is 14.5 Å². The SMILES string of the molecule is CCCNC(c1cnccc1N)c1cc(F)ccc1F. The molecule has 0 aliphatic carbocycles. The molecule has 1 aromatic heterocycles. The highest BCUT2D eigenvalue weighted by atomic mass is 19.1. The standard InChI is InChI=1S/C15H17F2N3/c1-2-6-20-15(12-9-19-7-5-14(12)18)11-8-10(16)3-4-13(11)17/h3-5,7-9,15,20H,2,6H2,1H3,(H2,18,19). The van der Waals surface area contributed by atoms with Crippen LogP contribution in [0.3, 0.4) is 0 Å². The number of nitrogens with zero attached hydrogens (tertiary/aromatic N) is 1. The smallest absolute Gasteiger partial charge is 0.128 e. The average Bonchev–Trinajstić information content (AvgIpc) is 2.44. The van der Waals surface area contributed by atoms with Crippen molar-refractivity contribution in [2.24, 2.45) is 0 Å². The van der Waals surface area contributed by atoms with Gasteiger partial charge in [0.2, 0.25) is 0 Å². The highest BCUT2D eigenvalue weighted by Crippen LogP contribution is 2.28. The monoisotopic (exact) mass is 277 g/mol. The van der Waals surface area contributed by atoms with E-state index in [0.29, 0.717) is 17.8 Å². The first-order valence-corrected chi connectivity index (χ1v) is 6.51. The number of pyridine rings is 1. The molecule has 1 heterocycles. The van der Waals surface area contributed by atoms with Crippen molar-refractivity contribution in [2.45, 2.75) is 19.4 Å². The summed E-state index contributed by atoms with van der Waals surface area (Å²) in [6.07, 6.45) is 4.01. The Morgan fingerprint density at radius 3 is 2.75 bits per heavy atom. The predicted octanol–water partition coefficient (Wildman–Crippen LogP) is 3.03. The summed E-state index contributed by atoms with van der Waals surface area (Å²) in [5, 5.41) is 3.18. The van der Waals surface area contributed by atoms with Crippen molar-refractivity contribution < 1.29 is 8.78 Å². The van der Waals surface area contributed by atoms with Gasteiger partial charge in [0.15, 0.2) is 0 Å². The van der Waals surface area contributed by atoms with E-state index >= 15 is 0 Å². The van der Waals surface area contributed by atoms with Crippen molar-refractivity contribution in [1.29, 1.82) is 0 Å². The summed E-state index contributed by atoms with van der Waals surface area (Å²) >= 11 is 0. The van der Waals surface area contributed by atoms with E-state index in [1.807, 2.05) is 6.92 Å². The second kappa shape index (κ2) is 6.43. The molecule has 1 aromatic carbocycles. The lowest BCUT2D eigenvalue weighted by atomic mass is 9.98. The fourth-order valence-corrected chi connectivity index (χ4v) is 2.07. The van der Waals surface area contributed by atoms with Gasteiger partial charge in [-0.25, -0.2) is 8.78 Å². The fourth-order valence-electron chi connectivity index (χ4n) is 2.07. The number of aromatic nitrogens is 1. The lowest BCUT2D eigenvalue weighted by Crippen LogP contribution is -2.25. The van der Waals surface area contributed by atoms with E-state index in [1.165, 1.54) is 6.07 Å². The summed E-state index contributed by atoms with van der Waals surface area (Å²) in [5.41, 5.74) is 7.30. The Hall–Kier alpha value is -2.01. The number of halogens is 2. The summed E-state index contributed by atoms with van der Waals surface area (Å²) in [5.74, 6) is -0.949. The molecule has 1 unspecified atom stereocenters. The third kappa shape index (κ3) is 3.11. The maximum absolute atomic E-state index is 14.0. The average molecular weight is 277 g/mol. The first-order valence-electron chi connectivity index (χ1n) is 6.51. The van der Waals surface area contributed by atoms with Crippen LogP contribution in [0.15, 0.2) is 36.7 Å². The van der Waals surface area contributed by atoms with Crippen LogP contribution in [-0.2, 0) is 0 Å². The van der Waals surface area contributed by atoms with E-state index in [9.17, 15) is 8.78 Å². The molecule has 0 bridgehead atoms. The highest BCUT2D eigenvalue weighted by molar-refractivity contribution is 5.49. The van der Waals surface area contributed by atoms with Crippen LogP contribution < -0.4 is 11.1 Å². The zero-order valence-electron chi connectivity index (χ0n) is 11.2. The van der Waals surface area contributed by atoms with Gasteiger partial charge >= 0.3 is 0 Å². The largest absolute Gasteiger partial charge is 0.398 e. The maximum atomic E-state index is 14.0. The van der Waals surface area contributed by atoms with E-state index in [-0.39, 0.29) is 5.56 Å². The minimum absolute atomic E-state index is 0.234. The van der Waals surface area contributed by atoms with Gasteiger partial charge in [-0.3, -0.25) is 4.98 Å². The Balaban J connectivity index is 2.47. The van der Waals surface area contributed by atoms with Crippen LogP contribution >= 0.6 is 0 Å². The van der Waals surface area contributed by atoms with Gasteiger partial charge < -0.3 is 11.1 Å². The molecule has 2 aromatic rings. The molecule has 106 valence electrons. The van der Waals surface area contributed by atoms with Gasteiger partial charge in [0.05, 0.1) is 6.04 Å². The number of benzene rings is 1.